The van der Waals surface area contributed by atoms with Crippen molar-refractivity contribution in [3.8, 4) is 22.9 Å². The molecule has 1 saturated heterocycles. The number of ether oxygens (including phenoxy) is 3. The third kappa shape index (κ3) is 5.75. The van der Waals surface area contributed by atoms with E-state index in [1.807, 2.05) is 96.1 Å². The molecule has 1 amide bonds. The predicted octanol–water partition coefficient (Wildman–Crippen LogP) is 6.34. The van der Waals surface area contributed by atoms with Crippen LogP contribution < -0.4 is 19.8 Å². The van der Waals surface area contributed by atoms with Crippen LogP contribution in [0.5, 0.6) is 17.2 Å². The lowest BCUT2D eigenvalue weighted by Gasteiger charge is -2.20. The molecule has 0 aliphatic carbocycles. The number of hydrogen-bond donors (Lipinski definition) is 0. The SMILES string of the molecule is COc1cc2c(cc1OCCOc1ccc(-n3c(/C=C/c4ccccc4)nc4ccccc4c3=O)cc1)N=C[C@@H]1CCCN1C2=O. The highest BCUT2D eigenvalue weighted by Gasteiger charge is 2.32. The highest BCUT2D eigenvalue weighted by molar-refractivity contribution is 6.03. The van der Waals surface area contributed by atoms with Gasteiger partial charge >= 0.3 is 0 Å². The summed E-state index contributed by atoms with van der Waals surface area (Å²) >= 11 is 0. The zero-order chi connectivity index (χ0) is 31.5. The molecule has 230 valence electrons. The molecule has 7 rings (SSSR count). The summed E-state index contributed by atoms with van der Waals surface area (Å²) in [6.07, 6.45) is 7.54. The van der Waals surface area contributed by atoms with Gasteiger partial charge in [-0.2, -0.15) is 0 Å². The normalized spacial score (nSPS) is 15.5. The second kappa shape index (κ2) is 12.7. The van der Waals surface area contributed by atoms with Gasteiger partial charge in [-0.25, -0.2) is 4.98 Å². The molecule has 9 heteroatoms. The number of carbonyl (C=O) groups excluding carboxylic acids is 1. The Morgan fingerprint density at radius 2 is 1.65 bits per heavy atom. The Hall–Kier alpha value is -5.70. The van der Waals surface area contributed by atoms with Gasteiger partial charge in [0.15, 0.2) is 11.5 Å². The van der Waals surface area contributed by atoms with Crippen LogP contribution in [0.4, 0.5) is 5.69 Å². The van der Waals surface area contributed by atoms with E-state index >= 15 is 0 Å². The zero-order valence-electron chi connectivity index (χ0n) is 25.3. The van der Waals surface area contributed by atoms with Crippen molar-refractivity contribution in [2.24, 2.45) is 4.99 Å². The van der Waals surface area contributed by atoms with Crippen LogP contribution in [-0.2, 0) is 0 Å². The minimum absolute atomic E-state index is 0.0310. The maximum absolute atomic E-state index is 13.6. The number of nitrogens with zero attached hydrogens (tertiary/aromatic N) is 4. The summed E-state index contributed by atoms with van der Waals surface area (Å²) in [7, 11) is 1.55. The molecule has 9 nitrogen and oxygen atoms in total. The number of aliphatic imine (C=N–C) groups is 1. The van der Waals surface area contributed by atoms with Crippen molar-refractivity contribution in [2.45, 2.75) is 18.9 Å². The third-order valence-electron chi connectivity index (χ3n) is 8.19. The quantitative estimate of drug-likeness (QED) is 0.180. The fraction of sp³-hybridized carbons (Fsp3) is 0.189. The number of benzene rings is 4. The van der Waals surface area contributed by atoms with Gasteiger partial charge in [0.05, 0.1) is 41.0 Å². The van der Waals surface area contributed by atoms with Crippen molar-refractivity contribution < 1.29 is 19.0 Å². The Labute approximate surface area is 266 Å². The topological polar surface area (TPSA) is 95.2 Å². The van der Waals surface area contributed by atoms with Crippen molar-refractivity contribution in [3.05, 3.63) is 118 Å². The highest BCUT2D eigenvalue weighted by Crippen LogP contribution is 2.38. The van der Waals surface area contributed by atoms with E-state index in [-0.39, 0.29) is 30.7 Å². The fourth-order valence-corrected chi connectivity index (χ4v) is 5.87. The molecular formula is C37H32N4O5. The lowest BCUT2D eigenvalue weighted by atomic mass is 10.1. The Morgan fingerprint density at radius 1 is 0.870 bits per heavy atom. The summed E-state index contributed by atoms with van der Waals surface area (Å²) in [5.41, 5.74) is 3.25. The number of rotatable bonds is 9. The van der Waals surface area contributed by atoms with Crippen LogP contribution in [0, 0.1) is 0 Å². The van der Waals surface area contributed by atoms with Crippen LogP contribution in [0.1, 0.15) is 34.6 Å². The molecule has 0 N–H and O–H groups in total. The van der Waals surface area contributed by atoms with Crippen molar-refractivity contribution in [3.63, 3.8) is 0 Å². The Morgan fingerprint density at radius 3 is 2.48 bits per heavy atom. The molecule has 3 heterocycles. The Balaban J connectivity index is 1.06. The molecule has 46 heavy (non-hydrogen) atoms. The lowest BCUT2D eigenvalue weighted by molar-refractivity contribution is 0.0774. The largest absolute Gasteiger partial charge is 0.493 e. The molecule has 1 aromatic heterocycles. The number of carbonyl (C=O) groups is 1. The summed E-state index contributed by atoms with van der Waals surface area (Å²) in [4.78, 5) is 38.0. The lowest BCUT2D eigenvalue weighted by Crippen LogP contribution is -2.35. The smallest absolute Gasteiger partial charge is 0.266 e. The van der Waals surface area contributed by atoms with E-state index in [1.54, 1.807) is 29.9 Å². The van der Waals surface area contributed by atoms with Crippen molar-refractivity contribution in [1.29, 1.82) is 0 Å². The summed E-state index contributed by atoms with van der Waals surface area (Å²) in [5.74, 6) is 2.07. The minimum Gasteiger partial charge on any atom is -0.493 e. The maximum Gasteiger partial charge on any atom is 0.266 e. The maximum atomic E-state index is 13.6. The number of methoxy groups -OCH3 is 1. The first kappa shape index (κ1) is 29.0. The van der Waals surface area contributed by atoms with Crippen LogP contribution in [0.25, 0.3) is 28.7 Å². The van der Waals surface area contributed by atoms with Gasteiger partial charge in [0, 0.05) is 18.8 Å². The second-order valence-corrected chi connectivity index (χ2v) is 11.1. The van der Waals surface area contributed by atoms with E-state index in [4.69, 9.17) is 19.2 Å². The van der Waals surface area contributed by atoms with Crippen LogP contribution in [-0.4, -0.2) is 59.5 Å². The first-order valence-electron chi connectivity index (χ1n) is 15.3. The minimum atomic E-state index is -0.151. The molecule has 1 atom stereocenters. The molecule has 0 bridgehead atoms. The average molecular weight is 613 g/mol. The van der Waals surface area contributed by atoms with Gasteiger partial charge in [-0.1, -0.05) is 48.5 Å². The molecule has 1 fully saturated rings. The Kier molecular flexibility index (Phi) is 8.03. The molecule has 2 aliphatic rings. The molecule has 0 radical (unpaired) electrons. The summed E-state index contributed by atoms with van der Waals surface area (Å²) in [5, 5.41) is 0.542. The zero-order valence-corrected chi connectivity index (χ0v) is 25.3. The van der Waals surface area contributed by atoms with Gasteiger partial charge in [0.25, 0.3) is 11.5 Å². The van der Waals surface area contributed by atoms with Crippen molar-refractivity contribution in [2.75, 3.05) is 26.9 Å². The molecule has 0 saturated carbocycles. The molecule has 4 aromatic carbocycles. The van der Waals surface area contributed by atoms with E-state index in [1.165, 1.54) is 0 Å². The van der Waals surface area contributed by atoms with Crippen molar-refractivity contribution in [1.82, 2.24) is 14.5 Å². The highest BCUT2D eigenvalue weighted by atomic mass is 16.5. The van der Waals surface area contributed by atoms with E-state index in [9.17, 15) is 9.59 Å². The predicted molar refractivity (Wildman–Crippen MR) is 179 cm³/mol. The summed E-state index contributed by atoms with van der Waals surface area (Å²) < 4.78 is 19.1. The molecular weight excluding hydrogens is 580 g/mol. The number of amides is 1. The second-order valence-electron chi connectivity index (χ2n) is 11.1. The fourth-order valence-electron chi connectivity index (χ4n) is 5.87. The molecule has 0 unspecified atom stereocenters. The van der Waals surface area contributed by atoms with E-state index in [0.717, 1.165) is 24.9 Å². The van der Waals surface area contributed by atoms with Crippen LogP contribution in [0.3, 0.4) is 0 Å². The molecule has 5 aromatic rings. The first-order chi connectivity index (χ1) is 22.6. The van der Waals surface area contributed by atoms with Gasteiger partial charge in [-0.05, 0) is 66.9 Å². The van der Waals surface area contributed by atoms with Gasteiger partial charge in [-0.15, -0.1) is 0 Å². The first-order valence-corrected chi connectivity index (χ1v) is 15.3. The number of para-hydroxylation sites is 1. The molecule has 0 spiro atoms. The van der Waals surface area contributed by atoms with Gasteiger partial charge in [0.1, 0.15) is 24.8 Å². The van der Waals surface area contributed by atoms with E-state index < -0.39 is 0 Å². The summed E-state index contributed by atoms with van der Waals surface area (Å²) in [6, 6.07) is 28.0. The van der Waals surface area contributed by atoms with E-state index in [0.29, 0.717) is 50.9 Å². The van der Waals surface area contributed by atoms with Crippen molar-refractivity contribution >= 4 is 40.9 Å². The van der Waals surface area contributed by atoms with Crippen LogP contribution in [0.15, 0.2) is 101 Å². The number of fused-ring (bicyclic) bond motifs is 3. The van der Waals surface area contributed by atoms with Gasteiger partial charge < -0.3 is 19.1 Å². The van der Waals surface area contributed by atoms with Gasteiger partial charge in [0.2, 0.25) is 0 Å². The van der Waals surface area contributed by atoms with Gasteiger partial charge in [-0.3, -0.25) is 19.1 Å². The standard InChI is InChI=1S/C37H32N4O5/c1-44-33-22-30-32(38-24-27-10-7-19-40(27)36(30)42)23-34(33)46-21-20-45-28-16-14-26(15-17-28)41-35(18-13-25-8-3-2-4-9-25)39-31-12-6-5-11-29(31)37(41)43/h2-6,8-9,11-18,22-24,27H,7,10,19-21H2,1H3/b18-13+/t27-/m0/s1. The van der Waals surface area contributed by atoms with E-state index in [2.05, 4.69) is 4.99 Å². The average Bonchev–Trinajstić information content (AvgIpc) is 3.53. The monoisotopic (exact) mass is 612 g/mol. The van der Waals surface area contributed by atoms with Crippen LogP contribution in [0.2, 0.25) is 0 Å². The third-order valence-corrected chi connectivity index (χ3v) is 8.19. The summed E-state index contributed by atoms with van der Waals surface area (Å²) in [6.45, 7) is 1.24. The number of hydrogen-bond acceptors (Lipinski definition) is 7. The molecule has 2 aliphatic heterocycles. The Bertz CT molecular complexity index is 2020. The number of aromatic nitrogens is 2. The van der Waals surface area contributed by atoms with Crippen LogP contribution >= 0.6 is 0 Å².